The Bertz CT molecular complexity index is 610. The number of carbonyl (C=O) groups is 1. The smallest absolute Gasteiger partial charge is 0.338 e. The Labute approximate surface area is 140 Å². The van der Waals surface area contributed by atoms with Crippen LogP contribution < -0.4 is 4.90 Å². The Morgan fingerprint density at radius 2 is 2.00 bits per heavy atom. The molecule has 23 heavy (non-hydrogen) atoms. The van der Waals surface area contributed by atoms with E-state index in [-0.39, 0.29) is 22.4 Å². The normalized spacial score (nSPS) is 15.8. The maximum absolute atomic E-state index is 12.0. The fourth-order valence-electron chi connectivity index (χ4n) is 2.67. The van der Waals surface area contributed by atoms with Crippen molar-refractivity contribution in [3.8, 4) is 0 Å². The molecule has 0 radical (unpaired) electrons. The van der Waals surface area contributed by atoms with E-state index in [0.717, 1.165) is 25.9 Å². The summed E-state index contributed by atoms with van der Waals surface area (Å²) in [5, 5.41) is 11.7. The highest BCUT2D eigenvalue weighted by atomic mass is 35.5. The summed E-state index contributed by atoms with van der Waals surface area (Å²) in [6.07, 6.45) is 1.62. The number of nitro benzene ring substituents is 1. The van der Waals surface area contributed by atoms with E-state index in [4.69, 9.17) is 16.3 Å². The monoisotopic (exact) mass is 340 g/mol. The van der Waals surface area contributed by atoms with Crippen molar-refractivity contribution in [3.05, 3.63) is 32.8 Å². The molecular formula is C16H21ClN2O4. The van der Waals surface area contributed by atoms with Gasteiger partial charge in [-0.3, -0.25) is 10.1 Å². The molecular weight excluding hydrogens is 320 g/mol. The van der Waals surface area contributed by atoms with Gasteiger partial charge in [-0.15, -0.1) is 0 Å². The van der Waals surface area contributed by atoms with Crippen LogP contribution in [0.25, 0.3) is 0 Å². The third kappa shape index (κ3) is 4.13. The van der Waals surface area contributed by atoms with Crippen molar-refractivity contribution in [3.63, 3.8) is 0 Å². The van der Waals surface area contributed by atoms with Gasteiger partial charge >= 0.3 is 5.97 Å². The molecule has 1 aliphatic heterocycles. The summed E-state index contributed by atoms with van der Waals surface area (Å²) in [7, 11) is 0. The summed E-state index contributed by atoms with van der Waals surface area (Å²) < 4.78 is 5.09. The van der Waals surface area contributed by atoms with Crippen molar-refractivity contribution in [1.82, 2.24) is 0 Å². The first-order chi connectivity index (χ1) is 10.8. The van der Waals surface area contributed by atoms with E-state index >= 15 is 0 Å². The average Bonchev–Trinajstić information content (AvgIpc) is 2.46. The number of nitro groups is 1. The van der Waals surface area contributed by atoms with Crippen LogP contribution >= 0.6 is 11.6 Å². The first-order valence-electron chi connectivity index (χ1n) is 7.73. The van der Waals surface area contributed by atoms with Gasteiger partial charge in [-0.05, 0) is 38.7 Å². The number of hydrogen-bond acceptors (Lipinski definition) is 5. The van der Waals surface area contributed by atoms with Crippen molar-refractivity contribution in [2.75, 3.05) is 18.0 Å². The third-order valence-electron chi connectivity index (χ3n) is 3.92. The van der Waals surface area contributed by atoms with E-state index < -0.39 is 10.9 Å². The highest BCUT2D eigenvalue weighted by Crippen LogP contribution is 2.39. The summed E-state index contributed by atoms with van der Waals surface area (Å²) in [4.78, 5) is 24.9. The molecule has 0 unspecified atom stereocenters. The SMILES string of the molecule is CC1CCN(c2c(Cl)cc(C(=O)OC(C)C)cc2[N+](=O)[O-])CC1. The standard InChI is InChI=1S/C16H21ClN2O4/c1-10(2)23-16(20)12-8-13(17)15(14(9-12)19(21)22)18-6-4-11(3)5-7-18/h8-11H,4-7H2,1-3H3. The molecule has 1 saturated heterocycles. The molecule has 126 valence electrons. The van der Waals surface area contributed by atoms with Gasteiger partial charge < -0.3 is 9.64 Å². The lowest BCUT2D eigenvalue weighted by Crippen LogP contribution is -2.33. The molecule has 1 aromatic rings. The number of anilines is 1. The van der Waals surface area contributed by atoms with E-state index in [1.807, 2.05) is 4.90 Å². The van der Waals surface area contributed by atoms with E-state index in [1.54, 1.807) is 13.8 Å². The van der Waals surface area contributed by atoms with Crippen LogP contribution in [-0.4, -0.2) is 30.1 Å². The summed E-state index contributed by atoms with van der Waals surface area (Å²) >= 11 is 6.28. The Kier molecular flexibility index (Phi) is 5.46. The molecule has 0 saturated carbocycles. The molecule has 0 aromatic heterocycles. The average molecular weight is 341 g/mol. The molecule has 1 aromatic carbocycles. The second-order valence-electron chi connectivity index (χ2n) is 6.21. The lowest BCUT2D eigenvalue weighted by atomic mass is 9.98. The zero-order valence-electron chi connectivity index (χ0n) is 13.5. The number of ether oxygens (including phenoxy) is 1. The summed E-state index contributed by atoms with van der Waals surface area (Å²) in [5.41, 5.74) is 0.344. The fraction of sp³-hybridized carbons (Fsp3) is 0.562. The molecule has 0 aliphatic carbocycles. The maximum atomic E-state index is 12.0. The van der Waals surface area contributed by atoms with E-state index in [2.05, 4.69) is 6.92 Å². The number of piperidine rings is 1. The van der Waals surface area contributed by atoms with Crippen molar-refractivity contribution in [2.45, 2.75) is 39.7 Å². The van der Waals surface area contributed by atoms with Crippen LogP contribution in [0.3, 0.4) is 0 Å². The van der Waals surface area contributed by atoms with Crippen LogP contribution in [0.2, 0.25) is 5.02 Å². The van der Waals surface area contributed by atoms with Crippen molar-refractivity contribution in [1.29, 1.82) is 0 Å². The van der Waals surface area contributed by atoms with Crippen LogP contribution in [0.5, 0.6) is 0 Å². The Morgan fingerprint density at radius 3 is 2.52 bits per heavy atom. The Morgan fingerprint density at radius 1 is 1.39 bits per heavy atom. The number of carbonyl (C=O) groups excluding carboxylic acids is 1. The molecule has 1 fully saturated rings. The van der Waals surface area contributed by atoms with Crippen LogP contribution in [-0.2, 0) is 4.74 Å². The van der Waals surface area contributed by atoms with Crippen molar-refractivity contribution in [2.24, 2.45) is 5.92 Å². The molecule has 6 nitrogen and oxygen atoms in total. The maximum Gasteiger partial charge on any atom is 0.338 e. The summed E-state index contributed by atoms with van der Waals surface area (Å²) in [6.45, 7) is 7.04. The fourth-order valence-corrected chi connectivity index (χ4v) is 3.00. The Hall–Kier alpha value is -1.82. The highest BCUT2D eigenvalue weighted by Gasteiger charge is 2.28. The van der Waals surface area contributed by atoms with Gasteiger partial charge in [-0.25, -0.2) is 4.79 Å². The number of rotatable bonds is 4. The van der Waals surface area contributed by atoms with Gasteiger partial charge in [0.05, 0.1) is 21.6 Å². The van der Waals surface area contributed by atoms with Gasteiger partial charge in [-0.2, -0.15) is 0 Å². The molecule has 0 amide bonds. The number of halogens is 1. The van der Waals surface area contributed by atoms with Gasteiger partial charge in [0.15, 0.2) is 0 Å². The zero-order valence-corrected chi connectivity index (χ0v) is 14.3. The first kappa shape index (κ1) is 17.5. The summed E-state index contributed by atoms with van der Waals surface area (Å²) in [6, 6.07) is 2.70. The highest BCUT2D eigenvalue weighted by molar-refractivity contribution is 6.34. The van der Waals surface area contributed by atoms with Gasteiger partial charge in [0.1, 0.15) is 5.69 Å². The minimum Gasteiger partial charge on any atom is -0.459 e. The minimum absolute atomic E-state index is 0.101. The van der Waals surface area contributed by atoms with Gasteiger partial charge in [0, 0.05) is 19.2 Å². The molecule has 0 atom stereocenters. The van der Waals surface area contributed by atoms with Gasteiger partial charge in [0.25, 0.3) is 5.69 Å². The van der Waals surface area contributed by atoms with Gasteiger partial charge in [0.2, 0.25) is 0 Å². The first-order valence-corrected chi connectivity index (χ1v) is 8.11. The van der Waals surface area contributed by atoms with Crippen LogP contribution in [0.1, 0.15) is 44.0 Å². The van der Waals surface area contributed by atoms with Crippen molar-refractivity contribution < 1.29 is 14.5 Å². The van der Waals surface area contributed by atoms with E-state index in [1.165, 1.54) is 12.1 Å². The van der Waals surface area contributed by atoms with Gasteiger partial charge in [-0.1, -0.05) is 18.5 Å². The number of hydrogen-bond donors (Lipinski definition) is 0. The van der Waals surface area contributed by atoms with Crippen LogP contribution in [0, 0.1) is 16.0 Å². The number of esters is 1. The van der Waals surface area contributed by atoms with Crippen molar-refractivity contribution >= 4 is 28.9 Å². The topological polar surface area (TPSA) is 72.7 Å². The third-order valence-corrected chi connectivity index (χ3v) is 4.21. The lowest BCUT2D eigenvalue weighted by molar-refractivity contribution is -0.384. The number of nitrogens with zero attached hydrogens (tertiary/aromatic N) is 2. The largest absolute Gasteiger partial charge is 0.459 e. The predicted molar refractivity (Wildman–Crippen MR) is 89.3 cm³/mol. The molecule has 0 spiro atoms. The molecule has 1 aliphatic rings. The molecule has 0 N–H and O–H groups in total. The molecule has 0 bridgehead atoms. The summed E-state index contributed by atoms with van der Waals surface area (Å²) in [5.74, 6) is -0.00630. The lowest BCUT2D eigenvalue weighted by Gasteiger charge is -2.32. The second kappa shape index (κ2) is 7.17. The quantitative estimate of drug-likeness (QED) is 0.469. The van der Waals surface area contributed by atoms with Crippen LogP contribution in [0.4, 0.5) is 11.4 Å². The zero-order chi connectivity index (χ0) is 17.1. The molecule has 1 heterocycles. The second-order valence-corrected chi connectivity index (χ2v) is 6.61. The van der Waals surface area contributed by atoms with E-state index in [0.29, 0.717) is 11.6 Å². The predicted octanol–water partition coefficient (Wildman–Crippen LogP) is 4.05. The molecule has 7 heteroatoms. The van der Waals surface area contributed by atoms with Crippen LogP contribution in [0.15, 0.2) is 12.1 Å². The number of benzene rings is 1. The Balaban J connectivity index is 2.39. The molecule has 2 rings (SSSR count). The van der Waals surface area contributed by atoms with E-state index in [9.17, 15) is 14.9 Å². The minimum atomic E-state index is -0.608.